The van der Waals surface area contributed by atoms with Crippen molar-refractivity contribution < 1.29 is 9.90 Å². The van der Waals surface area contributed by atoms with Crippen molar-refractivity contribution >= 4 is 17.0 Å². The maximum Gasteiger partial charge on any atom is 0.335 e. The van der Waals surface area contributed by atoms with Crippen molar-refractivity contribution in [2.24, 2.45) is 0 Å². The number of imidazole rings is 1. The summed E-state index contributed by atoms with van der Waals surface area (Å²) < 4.78 is 3.39. The Balaban J connectivity index is 2.29. The molecule has 0 aliphatic carbocycles. The summed E-state index contributed by atoms with van der Waals surface area (Å²) in [6.07, 6.45) is 0. The Hall–Kier alpha value is -2.82. The molecular formula is C20H22N2O3. The van der Waals surface area contributed by atoms with Crippen LogP contribution in [0.25, 0.3) is 11.0 Å². The molecule has 0 aliphatic rings. The Morgan fingerprint density at radius 2 is 1.72 bits per heavy atom. The lowest BCUT2D eigenvalue weighted by atomic mass is 10.0. The SMILES string of the molecule is Cc1cccc(C)c1Cn1c(=O)n(C(C)C)c2ccc(C(=O)O)cc21. The number of fused-ring (bicyclic) bond motifs is 1. The van der Waals surface area contributed by atoms with E-state index in [-0.39, 0.29) is 17.3 Å². The number of aromatic nitrogens is 2. The molecule has 1 heterocycles. The van der Waals surface area contributed by atoms with Crippen LogP contribution in [0.3, 0.4) is 0 Å². The molecule has 0 unspecified atom stereocenters. The van der Waals surface area contributed by atoms with Gasteiger partial charge in [0.1, 0.15) is 0 Å². The molecule has 25 heavy (non-hydrogen) atoms. The van der Waals surface area contributed by atoms with Crippen molar-refractivity contribution in [1.82, 2.24) is 9.13 Å². The number of hydrogen-bond donors (Lipinski definition) is 1. The Bertz CT molecular complexity index is 1010. The summed E-state index contributed by atoms with van der Waals surface area (Å²) in [7, 11) is 0. The van der Waals surface area contributed by atoms with Crippen molar-refractivity contribution in [2.45, 2.75) is 40.3 Å². The van der Waals surface area contributed by atoms with Gasteiger partial charge < -0.3 is 5.11 Å². The first-order valence-corrected chi connectivity index (χ1v) is 8.34. The molecule has 130 valence electrons. The molecule has 0 bridgehead atoms. The minimum atomic E-state index is -0.995. The van der Waals surface area contributed by atoms with Crippen LogP contribution in [0, 0.1) is 13.8 Å². The second-order valence-corrected chi connectivity index (χ2v) is 6.71. The van der Waals surface area contributed by atoms with Gasteiger partial charge >= 0.3 is 11.7 Å². The number of carboxylic acid groups (broad SMARTS) is 1. The van der Waals surface area contributed by atoms with Crippen molar-refractivity contribution in [1.29, 1.82) is 0 Å². The van der Waals surface area contributed by atoms with Crippen LogP contribution in [0.1, 0.15) is 46.9 Å². The van der Waals surface area contributed by atoms with Crippen LogP contribution in [-0.2, 0) is 6.54 Å². The van der Waals surface area contributed by atoms with Gasteiger partial charge in [0.2, 0.25) is 0 Å². The van der Waals surface area contributed by atoms with Crippen LogP contribution in [0.15, 0.2) is 41.2 Å². The van der Waals surface area contributed by atoms with E-state index in [1.807, 2.05) is 45.9 Å². The molecule has 2 aromatic carbocycles. The summed E-state index contributed by atoms with van der Waals surface area (Å²) in [6.45, 7) is 8.39. The number of carboxylic acids is 1. The fraction of sp³-hybridized carbons (Fsp3) is 0.300. The van der Waals surface area contributed by atoms with Gasteiger partial charge in [-0.1, -0.05) is 18.2 Å². The molecule has 0 atom stereocenters. The van der Waals surface area contributed by atoms with E-state index in [1.165, 1.54) is 0 Å². The third kappa shape index (κ3) is 2.86. The Kier molecular flexibility index (Phi) is 4.25. The molecule has 0 amide bonds. The number of aryl methyl sites for hydroxylation is 2. The third-order valence-electron chi connectivity index (χ3n) is 4.69. The molecule has 5 heteroatoms. The van der Waals surface area contributed by atoms with Crippen LogP contribution >= 0.6 is 0 Å². The largest absolute Gasteiger partial charge is 0.478 e. The molecule has 3 aromatic rings. The van der Waals surface area contributed by atoms with Gasteiger partial charge in [-0.15, -0.1) is 0 Å². The van der Waals surface area contributed by atoms with Gasteiger partial charge in [-0.2, -0.15) is 0 Å². The van der Waals surface area contributed by atoms with E-state index in [1.54, 1.807) is 27.3 Å². The zero-order chi connectivity index (χ0) is 18.3. The van der Waals surface area contributed by atoms with Crippen molar-refractivity contribution in [3.63, 3.8) is 0 Å². The molecule has 0 saturated heterocycles. The number of rotatable bonds is 4. The quantitative estimate of drug-likeness (QED) is 0.788. The van der Waals surface area contributed by atoms with Gasteiger partial charge in [0.25, 0.3) is 0 Å². The molecule has 0 fully saturated rings. The molecule has 0 saturated carbocycles. The van der Waals surface area contributed by atoms with E-state index >= 15 is 0 Å². The van der Waals surface area contributed by atoms with Crippen LogP contribution < -0.4 is 5.69 Å². The fourth-order valence-electron chi connectivity index (χ4n) is 3.32. The summed E-state index contributed by atoms with van der Waals surface area (Å²) in [5, 5.41) is 9.30. The first kappa shape index (κ1) is 17.0. The van der Waals surface area contributed by atoms with Crippen LogP contribution in [0.5, 0.6) is 0 Å². The average molecular weight is 338 g/mol. The first-order valence-electron chi connectivity index (χ1n) is 8.34. The monoisotopic (exact) mass is 338 g/mol. The first-order chi connectivity index (χ1) is 11.8. The summed E-state index contributed by atoms with van der Waals surface area (Å²) in [5.74, 6) is -0.995. The lowest BCUT2D eigenvalue weighted by Crippen LogP contribution is -2.26. The van der Waals surface area contributed by atoms with E-state index in [0.29, 0.717) is 12.1 Å². The smallest absolute Gasteiger partial charge is 0.335 e. The zero-order valence-electron chi connectivity index (χ0n) is 14.9. The number of aromatic carboxylic acids is 1. The Morgan fingerprint density at radius 1 is 1.08 bits per heavy atom. The second-order valence-electron chi connectivity index (χ2n) is 6.71. The van der Waals surface area contributed by atoms with Crippen LogP contribution in [0.4, 0.5) is 0 Å². The van der Waals surface area contributed by atoms with Crippen molar-refractivity contribution in [3.8, 4) is 0 Å². The highest BCUT2D eigenvalue weighted by Gasteiger charge is 2.18. The number of carbonyl (C=O) groups is 1. The summed E-state index contributed by atoms with van der Waals surface area (Å²) in [4.78, 5) is 24.4. The molecular weight excluding hydrogens is 316 g/mol. The van der Waals surface area contributed by atoms with Gasteiger partial charge in [0.15, 0.2) is 0 Å². The number of hydrogen-bond acceptors (Lipinski definition) is 2. The zero-order valence-corrected chi connectivity index (χ0v) is 14.9. The van der Waals surface area contributed by atoms with Gasteiger partial charge in [-0.05, 0) is 62.6 Å². The number of benzene rings is 2. The molecule has 0 radical (unpaired) electrons. The highest BCUT2D eigenvalue weighted by Crippen LogP contribution is 2.22. The van der Waals surface area contributed by atoms with Gasteiger partial charge in [-0.3, -0.25) is 9.13 Å². The highest BCUT2D eigenvalue weighted by molar-refractivity contribution is 5.92. The Labute approximate surface area is 146 Å². The summed E-state index contributed by atoms with van der Waals surface area (Å²) in [6, 6.07) is 10.9. The second kappa shape index (κ2) is 6.24. The number of nitrogens with zero attached hydrogens (tertiary/aromatic N) is 2. The van der Waals surface area contributed by atoms with Gasteiger partial charge in [0, 0.05) is 6.04 Å². The van der Waals surface area contributed by atoms with E-state index in [2.05, 4.69) is 0 Å². The molecule has 3 rings (SSSR count). The summed E-state index contributed by atoms with van der Waals surface area (Å²) >= 11 is 0. The van der Waals surface area contributed by atoms with Crippen LogP contribution in [0.2, 0.25) is 0 Å². The molecule has 0 spiro atoms. The predicted molar refractivity (Wildman–Crippen MR) is 98.6 cm³/mol. The lowest BCUT2D eigenvalue weighted by molar-refractivity contribution is 0.0697. The fourth-order valence-corrected chi connectivity index (χ4v) is 3.32. The topological polar surface area (TPSA) is 64.2 Å². The average Bonchev–Trinajstić information content (AvgIpc) is 2.82. The lowest BCUT2D eigenvalue weighted by Gasteiger charge is -2.11. The molecule has 1 aromatic heterocycles. The van der Waals surface area contributed by atoms with E-state index in [4.69, 9.17) is 0 Å². The van der Waals surface area contributed by atoms with E-state index in [0.717, 1.165) is 22.2 Å². The minimum absolute atomic E-state index is 0.00936. The molecule has 0 aliphatic heterocycles. The van der Waals surface area contributed by atoms with E-state index in [9.17, 15) is 14.7 Å². The van der Waals surface area contributed by atoms with E-state index < -0.39 is 5.97 Å². The normalized spacial score (nSPS) is 11.4. The van der Waals surface area contributed by atoms with Gasteiger partial charge in [0.05, 0.1) is 23.1 Å². The standard InChI is InChI=1S/C20H22N2O3/c1-12(2)22-17-9-8-15(19(23)24)10-18(17)21(20(22)25)11-16-13(3)6-5-7-14(16)4/h5-10,12H,11H2,1-4H3,(H,23,24). The highest BCUT2D eigenvalue weighted by atomic mass is 16.4. The predicted octanol–water partition coefficient (Wildman–Crippen LogP) is 3.75. The summed E-state index contributed by atoms with van der Waals surface area (Å²) in [5.41, 5.74) is 4.81. The molecule has 5 nitrogen and oxygen atoms in total. The maximum absolute atomic E-state index is 13.0. The third-order valence-corrected chi connectivity index (χ3v) is 4.69. The Morgan fingerprint density at radius 3 is 2.28 bits per heavy atom. The maximum atomic E-state index is 13.0. The van der Waals surface area contributed by atoms with Crippen LogP contribution in [-0.4, -0.2) is 20.2 Å². The minimum Gasteiger partial charge on any atom is -0.478 e. The van der Waals surface area contributed by atoms with Gasteiger partial charge in [-0.25, -0.2) is 9.59 Å². The van der Waals surface area contributed by atoms with Crippen molar-refractivity contribution in [2.75, 3.05) is 0 Å². The molecule has 1 N–H and O–H groups in total. The van der Waals surface area contributed by atoms with Crippen molar-refractivity contribution in [3.05, 3.63) is 69.1 Å².